The fourth-order valence-electron chi connectivity index (χ4n) is 2.71. The van der Waals surface area contributed by atoms with Gasteiger partial charge in [0, 0.05) is 0 Å². The molecule has 1 aromatic carbocycles. The molecule has 0 spiro atoms. The molecule has 142 valence electrons. The number of hydrogen-bond acceptors (Lipinski definition) is 5. The Bertz CT molecular complexity index is 982. The molecular weight excluding hydrogens is 354 g/mol. The smallest absolute Gasteiger partial charge is 0.243 e. The fraction of sp³-hybridized carbons (Fsp3) is 0.400. The minimum absolute atomic E-state index is 0.400. The lowest BCUT2D eigenvalue weighted by Crippen LogP contribution is -2.40. The first kappa shape index (κ1) is 19.2. The van der Waals surface area contributed by atoms with Gasteiger partial charge in [-0.2, -0.15) is 15.0 Å². The summed E-state index contributed by atoms with van der Waals surface area (Å²) in [6.45, 7) is 17.1. The molecule has 3 aromatic rings. The number of ether oxygens (including phenoxy) is 1. The van der Waals surface area contributed by atoms with E-state index in [1.165, 1.54) is 0 Å². The Kier molecular flexibility index (Phi) is 4.90. The molecule has 3 rings (SSSR count). The van der Waals surface area contributed by atoms with E-state index in [9.17, 15) is 0 Å². The summed E-state index contributed by atoms with van der Waals surface area (Å²) >= 11 is 0. The van der Waals surface area contributed by atoms with Gasteiger partial charge in [-0.3, -0.25) is 0 Å². The van der Waals surface area contributed by atoms with Crippen LogP contribution in [0.2, 0.25) is 19.6 Å². The number of para-hydroxylation sites is 2. The Hall–Kier alpha value is -2.54. The van der Waals surface area contributed by atoms with Gasteiger partial charge in [-0.15, -0.1) is 6.58 Å². The molecule has 0 aliphatic rings. The van der Waals surface area contributed by atoms with Gasteiger partial charge in [0.25, 0.3) is 0 Å². The predicted octanol–water partition coefficient (Wildman–Crippen LogP) is 3.80. The van der Waals surface area contributed by atoms with Crippen LogP contribution in [0.25, 0.3) is 22.4 Å². The van der Waals surface area contributed by atoms with Crippen LogP contribution in [-0.4, -0.2) is 38.6 Å². The summed E-state index contributed by atoms with van der Waals surface area (Å²) in [5.74, 6) is 0.492. The summed E-state index contributed by atoms with van der Waals surface area (Å²) in [4.78, 5) is 11.3. The van der Waals surface area contributed by atoms with Gasteiger partial charge in [0.05, 0.1) is 22.9 Å². The summed E-state index contributed by atoms with van der Waals surface area (Å²) in [6.07, 6.45) is 1.79. The van der Waals surface area contributed by atoms with Crippen LogP contribution in [0, 0.1) is 0 Å². The molecule has 0 radical (unpaired) electrons. The molecule has 0 unspecified atom stereocenters. The third-order valence-electron chi connectivity index (χ3n) is 3.82. The van der Waals surface area contributed by atoms with Crippen LogP contribution in [-0.2, 0) is 6.54 Å². The maximum absolute atomic E-state index is 6.18. The van der Waals surface area contributed by atoms with Crippen molar-refractivity contribution in [3.63, 3.8) is 0 Å². The minimum Gasteiger partial charge on any atom is -0.470 e. The van der Waals surface area contributed by atoms with Crippen LogP contribution in [0.5, 0.6) is 5.88 Å². The van der Waals surface area contributed by atoms with E-state index in [1.807, 2.05) is 45.0 Å². The van der Waals surface area contributed by atoms with Crippen LogP contribution in [0.3, 0.4) is 0 Å². The molecule has 0 N–H and O–H groups in total. The van der Waals surface area contributed by atoms with Crippen molar-refractivity contribution in [3.05, 3.63) is 36.9 Å². The van der Waals surface area contributed by atoms with E-state index < -0.39 is 13.7 Å². The average Bonchev–Trinajstić information content (AvgIpc) is 2.97. The molecule has 2 heterocycles. The highest BCUT2D eigenvalue weighted by molar-refractivity contribution is 6.89. The maximum atomic E-state index is 6.18. The van der Waals surface area contributed by atoms with E-state index in [2.05, 4.69) is 26.2 Å². The molecule has 6 nitrogen and oxygen atoms in total. The van der Waals surface area contributed by atoms with Crippen molar-refractivity contribution in [2.75, 3.05) is 0 Å². The first-order chi connectivity index (χ1) is 12.6. The number of aromatic nitrogens is 5. The summed E-state index contributed by atoms with van der Waals surface area (Å²) in [6, 6.07) is 7.80. The topological polar surface area (TPSA) is 65.7 Å². The second-order valence-electron chi connectivity index (χ2n) is 8.57. The number of fused-ring (bicyclic) bond motifs is 1. The molecule has 0 saturated carbocycles. The number of benzene rings is 1. The molecule has 0 atom stereocenters. The molecule has 0 amide bonds. The Balaban J connectivity index is 2.29. The predicted molar refractivity (Wildman–Crippen MR) is 112 cm³/mol. The molecular formula is C20H27N5OSi. The van der Waals surface area contributed by atoms with E-state index >= 15 is 0 Å². The van der Waals surface area contributed by atoms with Crippen molar-refractivity contribution in [2.45, 2.75) is 52.6 Å². The van der Waals surface area contributed by atoms with Crippen molar-refractivity contribution in [1.29, 1.82) is 0 Å². The summed E-state index contributed by atoms with van der Waals surface area (Å²) in [5.41, 5.74) is 2.62. The summed E-state index contributed by atoms with van der Waals surface area (Å²) in [5, 5.41) is 10.5. The van der Waals surface area contributed by atoms with Crippen LogP contribution >= 0.6 is 0 Å². The van der Waals surface area contributed by atoms with Gasteiger partial charge in [0.2, 0.25) is 5.88 Å². The Morgan fingerprint density at radius 3 is 2.22 bits per heavy atom. The molecule has 0 aliphatic heterocycles. The van der Waals surface area contributed by atoms with Gasteiger partial charge in [-0.1, -0.05) is 37.8 Å². The van der Waals surface area contributed by atoms with Gasteiger partial charge in [-0.25, -0.2) is 9.97 Å². The van der Waals surface area contributed by atoms with Crippen molar-refractivity contribution >= 4 is 24.4 Å². The lowest BCUT2D eigenvalue weighted by atomic mass is 10.2. The van der Waals surface area contributed by atoms with Crippen LogP contribution < -0.4 is 10.1 Å². The lowest BCUT2D eigenvalue weighted by molar-refractivity contribution is 0.125. The molecule has 0 saturated heterocycles. The van der Waals surface area contributed by atoms with Crippen LogP contribution in [0.15, 0.2) is 36.9 Å². The van der Waals surface area contributed by atoms with E-state index in [4.69, 9.17) is 24.9 Å². The number of rotatable bonds is 5. The summed E-state index contributed by atoms with van der Waals surface area (Å²) in [7, 11) is -1.77. The molecule has 27 heavy (non-hydrogen) atoms. The Labute approximate surface area is 161 Å². The zero-order chi connectivity index (χ0) is 19.8. The van der Waals surface area contributed by atoms with Gasteiger partial charge in [0.15, 0.2) is 5.69 Å². The van der Waals surface area contributed by atoms with E-state index in [1.54, 1.807) is 10.9 Å². The second kappa shape index (κ2) is 6.88. The van der Waals surface area contributed by atoms with Crippen molar-refractivity contribution < 1.29 is 4.74 Å². The van der Waals surface area contributed by atoms with E-state index in [0.29, 0.717) is 18.1 Å². The van der Waals surface area contributed by atoms with Crippen LogP contribution in [0.4, 0.5) is 0 Å². The third kappa shape index (κ3) is 4.24. The van der Waals surface area contributed by atoms with Gasteiger partial charge >= 0.3 is 0 Å². The number of allylic oxidation sites excluding steroid dienone is 1. The van der Waals surface area contributed by atoms with Crippen molar-refractivity contribution in [1.82, 2.24) is 25.0 Å². The largest absolute Gasteiger partial charge is 0.470 e. The Morgan fingerprint density at radius 2 is 1.67 bits per heavy atom. The number of nitrogens with zero attached hydrogens (tertiary/aromatic N) is 5. The molecule has 0 bridgehead atoms. The monoisotopic (exact) mass is 381 g/mol. The van der Waals surface area contributed by atoms with Crippen molar-refractivity contribution in [2.24, 2.45) is 0 Å². The maximum Gasteiger partial charge on any atom is 0.243 e. The lowest BCUT2D eigenvalue weighted by Gasteiger charge is -2.22. The van der Waals surface area contributed by atoms with Gasteiger partial charge < -0.3 is 4.74 Å². The van der Waals surface area contributed by atoms with Gasteiger partial charge in [-0.05, 0) is 32.9 Å². The SMILES string of the molecule is C=CCn1nc(-c2nc3ccccc3nc2OC(C)(C)C)c([Si](C)(C)C)n1. The second-order valence-corrected chi connectivity index (χ2v) is 13.5. The molecule has 2 aromatic heterocycles. The molecule has 0 aliphatic carbocycles. The standard InChI is InChI=1S/C20H27N5OSi/c1-8-13-25-23-17(19(24-25)27(5,6)7)16-18(26-20(2,3)4)22-15-12-10-9-11-14(15)21-16/h8-12H,1,13H2,2-7H3. The third-order valence-corrected chi connectivity index (χ3v) is 5.58. The van der Waals surface area contributed by atoms with Gasteiger partial charge in [0.1, 0.15) is 19.4 Å². The quantitative estimate of drug-likeness (QED) is 0.497. The molecule has 7 heteroatoms. The summed E-state index contributed by atoms with van der Waals surface area (Å²) < 4.78 is 6.18. The first-order valence-electron chi connectivity index (χ1n) is 9.11. The zero-order valence-corrected chi connectivity index (χ0v) is 17.9. The number of hydrogen-bond donors (Lipinski definition) is 0. The molecule has 0 fully saturated rings. The average molecular weight is 382 g/mol. The van der Waals surface area contributed by atoms with E-state index in [-0.39, 0.29) is 0 Å². The Morgan fingerprint density at radius 1 is 1.04 bits per heavy atom. The highest BCUT2D eigenvalue weighted by atomic mass is 28.3. The first-order valence-corrected chi connectivity index (χ1v) is 12.6. The highest BCUT2D eigenvalue weighted by Crippen LogP contribution is 2.30. The normalized spacial score (nSPS) is 12.4. The highest BCUT2D eigenvalue weighted by Gasteiger charge is 2.30. The van der Waals surface area contributed by atoms with Crippen LogP contribution in [0.1, 0.15) is 20.8 Å². The zero-order valence-electron chi connectivity index (χ0n) is 16.9. The van der Waals surface area contributed by atoms with Crippen molar-refractivity contribution in [3.8, 4) is 17.3 Å². The fourth-order valence-corrected chi connectivity index (χ4v) is 4.00. The minimum atomic E-state index is -1.77. The van der Waals surface area contributed by atoms with E-state index in [0.717, 1.165) is 22.0 Å².